The fraction of sp³-hybridized carbons (Fsp3) is 0.706. The van der Waals surface area contributed by atoms with Gasteiger partial charge in [-0.25, -0.2) is 8.42 Å². The highest BCUT2D eigenvalue weighted by Crippen LogP contribution is 2.25. The highest BCUT2D eigenvalue weighted by Gasteiger charge is 2.25. The molecule has 0 aromatic carbocycles. The molecule has 0 radical (unpaired) electrons. The molecule has 6 nitrogen and oxygen atoms in total. The molecule has 2 atom stereocenters. The number of nitrogens with zero attached hydrogens (tertiary/aromatic N) is 1. The van der Waals surface area contributed by atoms with E-state index in [9.17, 15) is 13.2 Å². The van der Waals surface area contributed by atoms with Gasteiger partial charge in [-0.3, -0.25) is 4.79 Å². The summed E-state index contributed by atoms with van der Waals surface area (Å²) in [6.07, 6.45) is 2.41. The molecule has 1 amide bonds. The number of carbonyl (C=O) groups is 1. The molecule has 8 heteroatoms. The summed E-state index contributed by atoms with van der Waals surface area (Å²) in [5.74, 6) is 0.194. The molecule has 25 heavy (non-hydrogen) atoms. The smallest absolute Gasteiger partial charge is 0.252 e. The lowest BCUT2D eigenvalue weighted by Crippen LogP contribution is -2.42. The van der Waals surface area contributed by atoms with Gasteiger partial charge in [0, 0.05) is 36.5 Å². The molecule has 142 valence electrons. The van der Waals surface area contributed by atoms with Gasteiger partial charge in [0.2, 0.25) is 5.91 Å². The van der Waals surface area contributed by atoms with E-state index in [0.717, 1.165) is 24.3 Å². The second-order valence-electron chi connectivity index (χ2n) is 6.43. The highest BCUT2D eigenvalue weighted by molar-refractivity contribution is 7.91. The van der Waals surface area contributed by atoms with Crippen LogP contribution in [0.25, 0.3) is 0 Å². The standard InChI is InChI=1S/C17H29N3O3S2/c1-4-20(5-2)25(22,23)16-7-6-15(24-16)9-11-19-17(21)14-8-10-18-13(3)12-14/h6-7,13-14,18H,4-5,8-12H2,1-3H3,(H,19,21)/t13-,14-/m0/s1. The first-order chi connectivity index (χ1) is 11.9. The molecule has 0 spiro atoms. The van der Waals surface area contributed by atoms with Crippen LogP contribution in [0.1, 0.15) is 38.5 Å². The lowest BCUT2D eigenvalue weighted by Gasteiger charge is -2.27. The predicted molar refractivity (Wildman–Crippen MR) is 101 cm³/mol. The van der Waals surface area contributed by atoms with Gasteiger partial charge in [-0.1, -0.05) is 13.8 Å². The average Bonchev–Trinajstić information content (AvgIpc) is 3.05. The van der Waals surface area contributed by atoms with E-state index in [1.54, 1.807) is 6.07 Å². The molecule has 2 heterocycles. The minimum Gasteiger partial charge on any atom is -0.355 e. The second kappa shape index (κ2) is 9.12. The van der Waals surface area contributed by atoms with Crippen molar-refractivity contribution in [3.63, 3.8) is 0 Å². The minimum absolute atomic E-state index is 0.0817. The fourth-order valence-corrected chi connectivity index (χ4v) is 6.11. The zero-order chi connectivity index (χ0) is 18.4. The quantitative estimate of drug-likeness (QED) is 0.713. The number of hydrogen-bond acceptors (Lipinski definition) is 5. The summed E-state index contributed by atoms with van der Waals surface area (Å²) in [5, 5.41) is 6.34. The summed E-state index contributed by atoms with van der Waals surface area (Å²) < 4.78 is 26.8. The van der Waals surface area contributed by atoms with Gasteiger partial charge < -0.3 is 10.6 Å². The Morgan fingerprint density at radius 3 is 2.72 bits per heavy atom. The molecule has 1 aromatic heterocycles. The first kappa shape index (κ1) is 20.4. The summed E-state index contributed by atoms with van der Waals surface area (Å²) in [4.78, 5) is 13.2. The maximum Gasteiger partial charge on any atom is 0.252 e. The van der Waals surface area contributed by atoms with E-state index in [0.29, 0.717) is 36.3 Å². The van der Waals surface area contributed by atoms with Gasteiger partial charge in [-0.2, -0.15) is 4.31 Å². The lowest BCUT2D eigenvalue weighted by atomic mass is 9.92. The fourth-order valence-electron chi connectivity index (χ4n) is 3.15. The van der Waals surface area contributed by atoms with Crippen molar-refractivity contribution in [2.24, 2.45) is 5.92 Å². The van der Waals surface area contributed by atoms with Crippen LogP contribution >= 0.6 is 11.3 Å². The third kappa shape index (κ3) is 5.26. The third-order valence-electron chi connectivity index (χ3n) is 4.60. The van der Waals surface area contributed by atoms with Crippen LogP contribution in [-0.4, -0.2) is 50.9 Å². The molecule has 0 saturated carbocycles. The van der Waals surface area contributed by atoms with Crippen molar-refractivity contribution in [2.45, 2.75) is 50.3 Å². The largest absolute Gasteiger partial charge is 0.355 e. The van der Waals surface area contributed by atoms with Gasteiger partial charge in [0.05, 0.1) is 0 Å². The van der Waals surface area contributed by atoms with E-state index in [-0.39, 0.29) is 11.8 Å². The van der Waals surface area contributed by atoms with Crippen molar-refractivity contribution in [1.29, 1.82) is 0 Å². The first-order valence-corrected chi connectivity index (χ1v) is 11.2. The Morgan fingerprint density at radius 2 is 2.08 bits per heavy atom. The van der Waals surface area contributed by atoms with Crippen molar-refractivity contribution >= 4 is 27.3 Å². The van der Waals surface area contributed by atoms with Gasteiger partial charge in [0.1, 0.15) is 4.21 Å². The number of piperidine rings is 1. The summed E-state index contributed by atoms with van der Waals surface area (Å²) >= 11 is 1.30. The van der Waals surface area contributed by atoms with Crippen molar-refractivity contribution in [3.05, 3.63) is 17.0 Å². The Bertz CT molecular complexity index is 668. The first-order valence-electron chi connectivity index (χ1n) is 8.98. The minimum atomic E-state index is -3.39. The molecular formula is C17H29N3O3S2. The maximum atomic E-state index is 12.5. The van der Waals surface area contributed by atoms with Crippen LogP contribution in [0.5, 0.6) is 0 Å². The van der Waals surface area contributed by atoms with E-state index in [2.05, 4.69) is 17.6 Å². The zero-order valence-electron chi connectivity index (χ0n) is 15.2. The van der Waals surface area contributed by atoms with Crippen LogP contribution in [0.4, 0.5) is 0 Å². The van der Waals surface area contributed by atoms with Crippen molar-refractivity contribution in [1.82, 2.24) is 14.9 Å². The van der Waals surface area contributed by atoms with Gasteiger partial charge in [-0.05, 0) is 44.9 Å². The SMILES string of the molecule is CCN(CC)S(=O)(=O)c1ccc(CCNC(=O)[C@H]2CCN[C@@H](C)C2)s1. The summed E-state index contributed by atoms with van der Waals surface area (Å²) in [7, 11) is -3.39. The van der Waals surface area contributed by atoms with Crippen LogP contribution in [-0.2, 0) is 21.2 Å². The number of sulfonamides is 1. The van der Waals surface area contributed by atoms with Crippen molar-refractivity contribution in [3.8, 4) is 0 Å². The van der Waals surface area contributed by atoms with Gasteiger partial charge in [-0.15, -0.1) is 11.3 Å². The Labute approximate surface area is 155 Å². The number of amides is 1. The zero-order valence-corrected chi connectivity index (χ0v) is 16.9. The van der Waals surface area contributed by atoms with Crippen molar-refractivity contribution in [2.75, 3.05) is 26.2 Å². The average molecular weight is 388 g/mol. The van der Waals surface area contributed by atoms with E-state index in [4.69, 9.17) is 0 Å². The lowest BCUT2D eigenvalue weighted by molar-refractivity contribution is -0.126. The van der Waals surface area contributed by atoms with Crippen LogP contribution in [0.3, 0.4) is 0 Å². The molecule has 1 aromatic rings. The Hall–Kier alpha value is -0.960. The third-order valence-corrected chi connectivity index (χ3v) is 8.26. The van der Waals surface area contributed by atoms with Gasteiger partial charge >= 0.3 is 0 Å². The van der Waals surface area contributed by atoms with E-state index >= 15 is 0 Å². The van der Waals surface area contributed by atoms with Crippen LogP contribution < -0.4 is 10.6 Å². The van der Waals surface area contributed by atoms with Crippen LogP contribution in [0, 0.1) is 5.92 Å². The number of thiophene rings is 1. The summed E-state index contributed by atoms with van der Waals surface area (Å²) in [6, 6.07) is 3.90. The molecular weight excluding hydrogens is 358 g/mol. The van der Waals surface area contributed by atoms with Gasteiger partial charge in [0.15, 0.2) is 0 Å². The van der Waals surface area contributed by atoms with E-state index in [1.165, 1.54) is 15.6 Å². The van der Waals surface area contributed by atoms with Gasteiger partial charge in [0.25, 0.3) is 10.0 Å². The number of rotatable bonds is 8. The normalized spacial score (nSPS) is 21.4. The Morgan fingerprint density at radius 1 is 1.36 bits per heavy atom. The monoisotopic (exact) mass is 387 g/mol. The molecule has 1 fully saturated rings. The molecule has 1 aliphatic heterocycles. The molecule has 2 N–H and O–H groups in total. The topological polar surface area (TPSA) is 78.5 Å². The van der Waals surface area contributed by atoms with E-state index < -0.39 is 10.0 Å². The molecule has 0 unspecified atom stereocenters. The predicted octanol–water partition coefficient (Wildman–Crippen LogP) is 1.83. The molecule has 0 aliphatic carbocycles. The number of hydrogen-bond donors (Lipinski definition) is 2. The molecule has 1 saturated heterocycles. The Balaban J connectivity index is 1.86. The molecule has 0 bridgehead atoms. The molecule has 1 aliphatic rings. The summed E-state index contributed by atoms with van der Waals surface area (Å²) in [5.41, 5.74) is 0. The summed E-state index contributed by atoms with van der Waals surface area (Å²) in [6.45, 7) is 8.15. The van der Waals surface area contributed by atoms with Crippen molar-refractivity contribution < 1.29 is 13.2 Å². The Kier molecular flexibility index (Phi) is 7.42. The molecule has 2 rings (SSSR count). The van der Waals surface area contributed by atoms with E-state index in [1.807, 2.05) is 19.9 Å². The number of nitrogens with one attached hydrogen (secondary N) is 2. The van der Waals surface area contributed by atoms with Crippen LogP contribution in [0.2, 0.25) is 0 Å². The maximum absolute atomic E-state index is 12.5. The highest BCUT2D eigenvalue weighted by atomic mass is 32.2. The number of carbonyl (C=O) groups excluding carboxylic acids is 1. The second-order valence-corrected chi connectivity index (χ2v) is 9.76. The van der Waals surface area contributed by atoms with Crippen LogP contribution in [0.15, 0.2) is 16.3 Å².